The molecule has 9 rings (SSSR count). The Hall–Kier alpha value is -5.14. The van der Waals surface area contributed by atoms with Crippen LogP contribution in [-0.2, 0) is 25.7 Å². The van der Waals surface area contributed by atoms with Crippen LogP contribution in [0, 0.1) is 0 Å². The first-order valence-electron chi connectivity index (χ1n) is 17.5. The molecule has 1 heteroatoms. The van der Waals surface area contributed by atoms with E-state index >= 15 is 0 Å². The number of nitrogens with zero attached hydrogens (tertiary/aromatic N) is 1. The van der Waals surface area contributed by atoms with Gasteiger partial charge in [-0.3, -0.25) is 0 Å². The van der Waals surface area contributed by atoms with Crippen LogP contribution in [0.2, 0.25) is 0 Å². The molecular formula is C46H39N. The van der Waals surface area contributed by atoms with Crippen molar-refractivity contribution in [2.75, 3.05) is 4.90 Å². The lowest BCUT2D eigenvalue weighted by Gasteiger charge is -2.28. The number of para-hydroxylation sites is 2. The summed E-state index contributed by atoms with van der Waals surface area (Å²) >= 11 is 0. The first-order valence-corrected chi connectivity index (χ1v) is 17.5. The van der Waals surface area contributed by atoms with Crippen molar-refractivity contribution >= 4 is 38.6 Å². The molecule has 0 N–H and O–H groups in total. The van der Waals surface area contributed by atoms with Crippen LogP contribution in [0.1, 0.15) is 47.9 Å². The molecule has 0 saturated carbocycles. The maximum Gasteiger partial charge on any atom is 0.0468 e. The number of hydrogen-bond donors (Lipinski definition) is 0. The van der Waals surface area contributed by atoms with E-state index in [4.69, 9.17) is 0 Å². The van der Waals surface area contributed by atoms with Gasteiger partial charge in [-0.2, -0.15) is 0 Å². The van der Waals surface area contributed by atoms with Crippen molar-refractivity contribution in [3.63, 3.8) is 0 Å². The van der Waals surface area contributed by atoms with Crippen molar-refractivity contribution < 1.29 is 0 Å². The van der Waals surface area contributed by atoms with Crippen LogP contribution in [-0.4, -0.2) is 0 Å². The molecule has 0 radical (unpaired) electrons. The van der Waals surface area contributed by atoms with Crippen molar-refractivity contribution in [2.24, 2.45) is 0 Å². The third-order valence-corrected chi connectivity index (χ3v) is 10.6. The largest absolute Gasteiger partial charge is 0.310 e. The fourth-order valence-electron chi connectivity index (χ4n) is 8.52. The van der Waals surface area contributed by atoms with Crippen molar-refractivity contribution in [1.82, 2.24) is 0 Å². The molecule has 0 atom stereocenters. The van der Waals surface area contributed by atoms with E-state index in [1.54, 1.807) is 11.1 Å². The normalized spacial score (nSPS) is 14.1. The van der Waals surface area contributed by atoms with E-state index in [0.29, 0.717) is 0 Å². The van der Waals surface area contributed by atoms with Crippen molar-refractivity contribution in [2.45, 2.75) is 51.4 Å². The lowest BCUT2D eigenvalue weighted by atomic mass is 9.79. The first-order chi connectivity index (χ1) is 23.3. The Morgan fingerprint density at radius 2 is 0.809 bits per heavy atom. The summed E-state index contributed by atoms with van der Waals surface area (Å²) in [7, 11) is 0. The van der Waals surface area contributed by atoms with E-state index in [1.165, 1.54) is 99.1 Å². The zero-order chi connectivity index (χ0) is 31.2. The maximum atomic E-state index is 2.48. The molecule has 0 heterocycles. The molecular weight excluding hydrogens is 567 g/mol. The van der Waals surface area contributed by atoms with Crippen molar-refractivity contribution in [1.29, 1.82) is 0 Å². The summed E-state index contributed by atoms with van der Waals surface area (Å²) in [6, 6.07) is 52.2. The summed E-state index contributed by atoms with van der Waals surface area (Å²) in [5, 5.41) is 5.39. The molecule has 0 saturated heterocycles. The lowest BCUT2D eigenvalue weighted by Crippen LogP contribution is -2.10. The standard InChI is InChI=1S/C46H39N/c1-3-19-34(20-4-1)47(35-21-5-2-6-22-35)36-29-30-43-44(31-36)46(40-28-14-18-33-16-8-10-24-38(33)40)42-26-12-11-25-41(42)45(43)39-27-13-17-32-15-7-9-23-37(32)39/h1-6,11-14,17-22,25-31H,7-10,15-16,23-24H2. The fourth-order valence-corrected chi connectivity index (χ4v) is 8.52. The minimum atomic E-state index is 1.15. The highest BCUT2D eigenvalue weighted by atomic mass is 15.1. The van der Waals surface area contributed by atoms with Crippen LogP contribution in [0.25, 0.3) is 43.8 Å². The van der Waals surface area contributed by atoms with E-state index in [-0.39, 0.29) is 0 Å². The molecule has 7 aromatic rings. The summed E-state index contributed by atoms with van der Waals surface area (Å²) in [4.78, 5) is 2.41. The van der Waals surface area contributed by atoms with Crippen LogP contribution in [0.4, 0.5) is 17.1 Å². The summed E-state index contributed by atoms with van der Waals surface area (Å²) < 4.78 is 0. The number of hydrogen-bond acceptors (Lipinski definition) is 1. The quantitative estimate of drug-likeness (QED) is 0.176. The summed E-state index contributed by atoms with van der Waals surface area (Å²) in [5.41, 5.74) is 15.3. The average molecular weight is 606 g/mol. The zero-order valence-corrected chi connectivity index (χ0v) is 26.9. The van der Waals surface area contributed by atoms with Crippen molar-refractivity contribution in [3.8, 4) is 22.3 Å². The van der Waals surface area contributed by atoms with Gasteiger partial charge < -0.3 is 4.90 Å². The van der Waals surface area contributed by atoms with Gasteiger partial charge in [0.1, 0.15) is 0 Å². The lowest BCUT2D eigenvalue weighted by molar-refractivity contribution is 0.687. The first kappa shape index (κ1) is 28.1. The van der Waals surface area contributed by atoms with Gasteiger partial charge in [0.25, 0.3) is 0 Å². The highest BCUT2D eigenvalue weighted by Gasteiger charge is 2.24. The number of anilines is 3. The molecule has 0 fully saturated rings. The van der Waals surface area contributed by atoms with Crippen LogP contribution < -0.4 is 4.90 Å². The van der Waals surface area contributed by atoms with Crippen LogP contribution in [0.15, 0.2) is 140 Å². The SMILES string of the molecule is c1ccc(N(c2ccccc2)c2ccc3c(-c4cccc5c4CCCC5)c4ccccc4c(-c4cccc5c4CCCC5)c3c2)cc1. The highest BCUT2D eigenvalue weighted by Crippen LogP contribution is 2.49. The zero-order valence-electron chi connectivity index (χ0n) is 26.9. The van der Waals surface area contributed by atoms with E-state index in [1.807, 2.05) is 0 Å². The van der Waals surface area contributed by atoms with E-state index < -0.39 is 0 Å². The minimum Gasteiger partial charge on any atom is -0.310 e. The second-order valence-electron chi connectivity index (χ2n) is 13.3. The van der Waals surface area contributed by atoms with Crippen LogP contribution in [0.3, 0.4) is 0 Å². The van der Waals surface area contributed by atoms with Gasteiger partial charge in [0.2, 0.25) is 0 Å². The number of rotatable bonds is 5. The van der Waals surface area contributed by atoms with Gasteiger partial charge in [0, 0.05) is 17.1 Å². The molecule has 0 spiro atoms. The van der Waals surface area contributed by atoms with Gasteiger partial charge in [-0.25, -0.2) is 0 Å². The number of fused-ring (bicyclic) bond motifs is 4. The fraction of sp³-hybridized carbons (Fsp3) is 0.174. The molecule has 0 aromatic heterocycles. The van der Waals surface area contributed by atoms with Crippen molar-refractivity contribution in [3.05, 3.63) is 162 Å². The van der Waals surface area contributed by atoms with Gasteiger partial charge in [-0.15, -0.1) is 0 Å². The summed E-state index contributed by atoms with van der Waals surface area (Å²) in [6.07, 6.45) is 9.75. The molecule has 0 amide bonds. The van der Waals surface area contributed by atoms with Crippen LogP contribution in [0.5, 0.6) is 0 Å². The molecule has 228 valence electrons. The van der Waals surface area contributed by atoms with Gasteiger partial charge in [0.15, 0.2) is 0 Å². The third-order valence-electron chi connectivity index (χ3n) is 10.6. The molecule has 1 nitrogen and oxygen atoms in total. The van der Waals surface area contributed by atoms with Gasteiger partial charge >= 0.3 is 0 Å². The Morgan fingerprint density at radius 3 is 1.36 bits per heavy atom. The van der Waals surface area contributed by atoms with E-state index in [2.05, 4.69) is 144 Å². The predicted molar refractivity (Wildman–Crippen MR) is 200 cm³/mol. The summed E-state index contributed by atoms with van der Waals surface area (Å²) in [6.45, 7) is 0. The Bertz CT molecular complexity index is 2210. The van der Waals surface area contributed by atoms with Gasteiger partial charge in [-0.05, 0) is 154 Å². The minimum absolute atomic E-state index is 1.15. The molecule has 2 aliphatic rings. The Balaban J connectivity index is 1.41. The molecule has 0 aliphatic heterocycles. The maximum absolute atomic E-state index is 2.48. The number of benzene rings is 7. The van der Waals surface area contributed by atoms with Gasteiger partial charge in [0.05, 0.1) is 0 Å². The van der Waals surface area contributed by atoms with Gasteiger partial charge in [-0.1, -0.05) is 103 Å². The third kappa shape index (κ3) is 4.84. The second-order valence-corrected chi connectivity index (χ2v) is 13.3. The Kier molecular flexibility index (Phi) is 7.12. The smallest absolute Gasteiger partial charge is 0.0468 e. The number of aryl methyl sites for hydroxylation is 2. The topological polar surface area (TPSA) is 3.24 Å². The second kappa shape index (κ2) is 11.9. The predicted octanol–water partition coefficient (Wildman–Crippen LogP) is 12.6. The summed E-state index contributed by atoms with van der Waals surface area (Å²) in [5.74, 6) is 0. The highest BCUT2D eigenvalue weighted by molar-refractivity contribution is 6.22. The molecule has 47 heavy (non-hydrogen) atoms. The Labute approximate surface area is 278 Å². The average Bonchev–Trinajstić information content (AvgIpc) is 3.14. The van der Waals surface area contributed by atoms with Crippen LogP contribution >= 0.6 is 0 Å². The van der Waals surface area contributed by atoms with E-state index in [9.17, 15) is 0 Å². The Morgan fingerprint density at radius 1 is 0.340 bits per heavy atom. The monoisotopic (exact) mass is 605 g/mol. The molecule has 0 bridgehead atoms. The molecule has 2 aliphatic carbocycles. The van der Waals surface area contributed by atoms with E-state index in [0.717, 1.165) is 24.2 Å². The molecule has 0 unspecified atom stereocenters. The molecule has 7 aromatic carbocycles.